The van der Waals surface area contributed by atoms with Gasteiger partial charge in [0.15, 0.2) is 0 Å². The van der Waals surface area contributed by atoms with Crippen LogP contribution in [-0.2, 0) is 42.9 Å². The van der Waals surface area contributed by atoms with Gasteiger partial charge in [-0.3, -0.25) is 19.2 Å². The minimum absolute atomic E-state index is 0.0256. The van der Waals surface area contributed by atoms with Crippen molar-refractivity contribution in [3.63, 3.8) is 0 Å². The summed E-state index contributed by atoms with van der Waals surface area (Å²) >= 11 is 0. The summed E-state index contributed by atoms with van der Waals surface area (Å²) in [6.07, 6.45) is 12.9. The van der Waals surface area contributed by atoms with Crippen LogP contribution in [0.25, 0.3) is 0 Å². The van der Waals surface area contributed by atoms with Gasteiger partial charge in [0, 0.05) is 50.4 Å². The number of allylic oxidation sites excluding steroid dienone is 6. The SMILES string of the molecule is CO[C@H]1C[C@H](C[C@@H](C)[C@@H]2CC(=O)[C@H](C)/C=C(\C)[C@@H](O)[C@@H](CO)C(=O)[C@@H](C)C[C@@H](C)/C=C/C=C/C=C(\C)[C@@H](CO)C[C@@H]3CC[C@@H](C)[C@@](O)(O3)C(=O)C(=O)N3CCCCC3C(=O)O2)CC[C@H]1OCCO. The largest absolute Gasteiger partial charge is 0.460 e. The fourth-order valence-corrected chi connectivity index (χ4v) is 10.6. The number of carbonyl (C=O) groups excluding carboxylic acids is 5. The number of cyclic esters (lactones) is 1. The molecule has 0 aromatic carbocycles. The molecule has 68 heavy (non-hydrogen) atoms. The molecule has 1 aliphatic carbocycles. The first-order valence-corrected chi connectivity index (χ1v) is 25.2. The summed E-state index contributed by atoms with van der Waals surface area (Å²) in [5.74, 6) is -9.81. The average molecular weight is 958 g/mol. The number of methoxy groups -OCH3 is 1. The van der Waals surface area contributed by atoms with Gasteiger partial charge < -0.3 is 49.4 Å². The Morgan fingerprint density at radius 2 is 1.60 bits per heavy atom. The van der Waals surface area contributed by atoms with Crippen molar-refractivity contribution < 1.29 is 68.5 Å². The second-order valence-corrected chi connectivity index (χ2v) is 20.4. The zero-order chi connectivity index (χ0) is 50.3. The zero-order valence-corrected chi connectivity index (χ0v) is 41.9. The van der Waals surface area contributed by atoms with Crippen LogP contribution in [-0.4, -0.2) is 142 Å². The van der Waals surface area contributed by atoms with Crippen LogP contribution in [0.4, 0.5) is 0 Å². The van der Waals surface area contributed by atoms with Crippen molar-refractivity contribution >= 4 is 29.2 Å². The van der Waals surface area contributed by atoms with Crippen molar-refractivity contribution in [2.75, 3.05) is 40.1 Å². The zero-order valence-electron chi connectivity index (χ0n) is 41.9. The van der Waals surface area contributed by atoms with E-state index in [0.717, 1.165) is 12.0 Å². The summed E-state index contributed by atoms with van der Waals surface area (Å²) < 4.78 is 24.1. The van der Waals surface area contributed by atoms with Crippen LogP contribution in [0.15, 0.2) is 47.6 Å². The second-order valence-electron chi connectivity index (χ2n) is 20.4. The molecule has 0 aromatic rings. The fourth-order valence-electron chi connectivity index (χ4n) is 10.6. The monoisotopic (exact) mass is 958 g/mol. The number of hydrogen-bond acceptors (Lipinski definition) is 14. The first kappa shape index (κ1) is 57.2. The van der Waals surface area contributed by atoms with E-state index in [2.05, 4.69) is 0 Å². The van der Waals surface area contributed by atoms with Gasteiger partial charge in [0.1, 0.15) is 23.7 Å². The van der Waals surface area contributed by atoms with Crippen LogP contribution in [0.5, 0.6) is 0 Å². The average Bonchev–Trinajstić information content (AvgIpc) is 3.32. The van der Waals surface area contributed by atoms with Crippen molar-refractivity contribution in [1.29, 1.82) is 0 Å². The number of ether oxygens (including phenoxy) is 4. The maximum absolute atomic E-state index is 14.4. The highest BCUT2D eigenvalue weighted by atomic mass is 16.6. The van der Waals surface area contributed by atoms with Crippen molar-refractivity contribution in [1.82, 2.24) is 4.90 Å². The van der Waals surface area contributed by atoms with E-state index in [-0.39, 0.29) is 93.1 Å². The quantitative estimate of drug-likeness (QED) is 0.111. The summed E-state index contributed by atoms with van der Waals surface area (Å²) in [5.41, 5.74) is 1.19. The molecule has 0 spiro atoms. The van der Waals surface area contributed by atoms with E-state index in [1.165, 1.54) is 4.90 Å². The minimum atomic E-state index is -2.47. The number of ketones is 3. The Morgan fingerprint density at radius 3 is 2.28 bits per heavy atom. The third kappa shape index (κ3) is 15.3. The number of fused-ring (bicyclic) bond motifs is 3. The first-order chi connectivity index (χ1) is 32.3. The molecule has 1 unspecified atom stereocenters. The molecule has 3 fully saturated rings. The Bertz CT molecular complexity index is 1810. The lowest BCUT2D eigenvalue weighted by Gasteiger charge is -2.43. The summed E-state index contributed by atoms with van der Waals surface area (Å²) in [6, 6.07) is -1.17. The number of carbonyl (C=O) groups is 5. The summed E-state index contributed by atoms with van der Waals surface area (Å²) in [5, 5.41) is 53.5. The number of amides is 1. The molecule has 1 amide bonds. The van der Waals surface area contributed by atoms with E-state index in [4.69, 9.17) is 18.9 Å². The number of hydrogen-bond donors (Lipinski definition) is 5. The Morgan fingerprint density at radius 1 is 0.868 bits per heavy atom. The van der Waals surface area contributed by atoms with Gasteiger partial charge in [-0.15, -0.1) is 0 Å². The maximum Gasteiger partial charge on any atom is 0.329 e. The van der Waals surface area contributed by atoms with Crippen LogP contribution >= 0.6 is 0 Å². The van der Waals surface area contributed by atoms with Crippen LogP contribution in [0.3, 0.4) is 0 Å². The van der Waals surface area contributed by atoms with E-state index >= 15 is 0 Å². The number of nitrogens with zero attached hydrogens (tertiary/aromatic N) is 1. The van der Waals surface area contributed by atoms with Crippen LogP contribution < -0.4 is 0 Å². The lowest BCUT2D eigenvalue weighted by atomic mass is 9.78. The maximum atomic E-state index is 14.4. The molecule has 2 bridgehead atoms. The molecule has 3 aliphatic heterocycles. The summed E-state index contributed by atoms with van der Waals surface area (Å²) in [6.45, 7) is 11.8. The third-order valence-electron chi connectivity index (χ3n) is 15.1. The predicted molar refractivity (Wildman–Crippen MR) is 256 cm³/mol. The number of rotatable bonds is 9. The number of esters is 1. The number of Topliss-reactive ketones (excluding diaryl/α,β-unsaturated/α-hetero) is 3. The third-order valence-corrected chi connectivity index (χ3v) is 15.1. The van der Waals surface area contributed by atoms with Gasteiger partial charge in [-0.25, -0.2) is 4.79 Å². The fraction of sp³-hybridized carbons (Fsp3) is 0.755. The van der Waals surface area contributed by atoms with E-state index in [9.17, 15) is 49.5 Å². The highest BCUT2D eigenvalue weighted by Crippen LogP contribution is 2.38. The van der Waals surface area contributed by atoms with Crippen molar-refractivity contribution in [3.8, 4) is 0 Å². The molecule has 1 saturated carbocycles. The molecule has 15 nitrogen and oxygen atoms in total. The van der Waals surface area contributed by atoms with E-state index in [1.54, 1.807) is 40.9 Å². The number of aliphatic hydroxyl groups is 5. The second kappa shape index (κ2) is 27.3. The van der Waals surface area contributed by atoms with E-state index in [0.29, 0.717) is 56.9 Å². The van der Waals surface area contributed by atoms with E-state index in [1.807, 2.05) is 51.2 Å². The molecule has 15 atom stereocenters. The van der Waals surface area contributed by atoms with Crippen LogP contribution in [0, 0.1) is 47.3 Å². The molecule has 15 heteroatoms. The Balaban J connectivity index is 1.70. The predicted octanol–water partition coefficient (Wildman–Crippen LogP) is 5.38. The Kier molecular flexibility index (Phi) is 22.9. The van der Waals surface area contributed by atoms with Gasteiger partial charge in [-0.2, -0.15) is 0 Å². The molecule has 384 valence electrons. The van der Waals surface area contributed by atoms with Crippen molar-refractivity contribution in [2.45, 2.75) is 168 Å². The Hall–Kier alpha value is -3.41. The topological polar surface area (TPSA) is 227 Å². The molecule has 4 aliphatic rings. The number of aliphatic hydroxyl groups excluding tert-OH is 4. The van der Waals surface area contributed by atoms with Crippen molar-refractivity contribution in [2.24, 2.45) is 47.3 Å². The lowest BCUT2D eigenvalue weighted by Crippen LogP contribution is -2.60. The molecule has 2 saturated heterocycles. The highest BCUT2D eigenvalue weighted by Gasteiger charge is 2.53. The number of piperidine rings is 1. The molecule has 4 rings (SSSR count). The molecular weight excluding hydrogens is 875 g/mol. The molecule has 5 N–H and O–H groups in total. The normalized spacial score (nSPS) is 39.2. The summed E-state index contributed by atoms with van der Waals surface area (Å²) in [4.78, 5) is 72.0. The standard InChI is InChI=1S/C53H83NO14/c1-32-14-10-9-11-15-33(2)40(30-56)28-41-19-17-38(7)53(64,68-41)50(61)51(62)54-21-13-12-16-43(54)52(63)67-46(35(4)26-39-18-20-45(66-23-22-55)47(27-39)65-8)29-44(58)34(3)25-37(6)49(60)42(31-57)48(59)36(5)24-32/h9-11,14-15,25,32,34-36,38-43,45-47,49,55-57,60,64H,12-13,16-24,26-31H2,1-8H3/b11-9+,14-10+,33-15+,37-25+/t32-,34+,35+,36-,38+,39-,40+,41-,42-,43?,45+,46-,47-,49+,53+/m0/s1. The summed E-state index contributed by atoms with van der Waals surface area (Å²) in [7, 11) is 1.62. The smallest absolute Gasteiger partial charge is 0.329 e. The van der Waals surface area contributed by atoms with Gasteiger partial charge in [0.05, 0.1) is 50.2 Å². The van der Waals surface area contributed by atoms with Gasteiger partial charge >= 0.3 is 5.97 Å². The van der Waals surface area contributed by atoms with Crippen LogP contribution in [0.2, 0.25) is 0 Å². The van der Waals surface area contributed by atoms with Gasteiger partial charge in [0.25, 0.3) is 11.7 Å². The molecule has 3 heterocycles. The van der Waals surface area contributed by atoms with Crippen molar-refractivity contribution in [3.05, 3.63) is 47.6 Å². The van der Waals surface area contributed by atoms with Gasteiger partial charge in [-0.1, -0.05) is 76.6 Å². The van der Waals surface area contributed by atoms with Gasteiger partial charge in [-0.05, 0) is 108 Å². The highest BCUT2D eigenvalue weighted by molar-refractivity contribution is 6.39. The molecule has 0 aromatic heterocycles. The van der Waals surface area contributed by atoms with E-state index < -0.39 is 78.1 Å². The first-order valence-electron chi connectivity index (χ1n) is 25.2. The van der Waals surface area contributed by atoms with Gasteiger partial charge in [0.2, 0.25) is 5.79 Å². The lowest BCUT2D eigenvalue weighted by molar-refractivity contribution is -0.265. The van der Waals surface area contributed by atoms with Crippen LogP contribution in [0.1, 0.15) is 126 Å². The molecule has 0 radical (unpaired) electrons. The Labute approximate surface area is 404 Å². The molecular formula is C53H83NO14. The minimum Gasteiger partial charge on any atom is -0.460 e.